The fourth-order valence-electron chi connectivity index (χ4n) is 3.27. The zero-order valence-electron chi connectivity index (χ0n) is 16.7. The van der Waals surface area contributed by atoms with E-state index in [1.54, 1.807) is 0 Å². The molecule has 0 saturated carbocycles. The second kappa shape index (κ2) is 12.3. The van der Waals surface area contributed by atoms with Crippen LogP contribution in [0.15, 0.2) is 24.3 Å². The molecule has 1 fully saturated rings. The van der Waals surface area contributed by atoms with Gasteiger partial charge in [0, 0.05) is 25.8 Å². The quantitative estimate of drug-likeness (QED) is 0.521. The van der Waals surface area contributed by atoms with Crippen LogP contribution >= 0.6 is 11.6 Å². The number of hydrogen-bond acceptors (Lipinski definition) is 6. The molecule has 168 valence electrons. The number of aliphatic hydroxyl groups excluding tert-OH is 4. The van der Waals surface area contributed by atoms with Gasteiger partial charge in [0.25, 0.3) is 0 Å². The lowest BCUT2D eigenvalue weighted by atomic mass is 10.0. The van der Waals surface area contributed by atoms with Gasteiger partial charge in [0.2, 0.25) is 5.91 Å². The highest BCUT2D eigenvalue weighted by atomic mass is 35.5. The van der Waals surface area contributed by atoms with Crippen LogP contribution in [0, 0.1) is 5.82 Å². The SMILES string of the molecule is O=C(/C=C/c1ccc(F)cc1Cl)N1CCCCCCO[C@H]([C@H](O)CO)[C@H](O)[C@H](O)C1. The van der Waals surface area contributed by atoms with Crippen molar-refractivity contribution in [3.63, 3.8) is 0 Å². The molecule has 4 N–H and O–H groups in total. The molecule has 0 unspecified atom stereocenters. The largest absolute Gasteiger partial charge is 0.394 e. The van der Waals surface area contributed by atoms with Crippen LogP contribution in [-0.4, -0.2) is 82.0 Å². The van der Waals surface area contributed by atoms with E-state index in [9.17, 15) is 29.6 Å². The summed E-state index contributed by atoms with van der Waals surface area (Å²) in [7, 11) is 0. The van der Waals surface area contributed by atoms with E-state index in [1.807, 2.05) is 0 Å². The molecular formula is C21H29ClFNO6. The lowest BCUT2D eigenvalue weighted by molar-refractivity contribution is -0.150. The lowest BCUT2D eigenvalue weighted by Gasteiger charge is -2.33. The van der Waals surface area contributed by atoms with Gasteiger partial charge in [-0.25, -0.2) is 4.39 Å². The number of rotatable bonds is 4. The van der Waals surface area contributed by atoms with Crippen LogP contribution in [0.3, 0.4) is 0 Å². The zero-order chi connectivity index (χ0) is 22.1. The van der Waals surface area contributed by atoms with E-state index in [4.69, 9.17) is 16.3 Å². The van der Waals surface area contributed by atoms with E-state index < -0.39 is 42.7 Å². The number of halogens is 2. The Labute approximate surface area is 180 Å². The van der Waals surface area contributed by atoms with Gasteiger partial charge in [0.15, 0.2) is 0 Å². The van der Waals surface area contributed by atoms with Gasteiger partial charge in [0.05, 0.1) is 11.6 Å². The predicted molar refractivity (Wildman–Crippen MR) is 110 cm³/mol. The summed E-state index contributed by atoms with van der Waals surface area (Å²) in [5, 5.41) is 40.2. The van der Waals surface area contributed by atoms with Crippen molar-refractivity contribution in [3.05, 3.63) is 40.7 Å². The van der Waals surface area contributed by atoms with E-state index in [0.717, 1.165) is 18.9 Å². The lowest BCUT2D eigenvalue weighted by Crippen LogP contribution is -2.52. The summed E-state index contributed by atoms with van der Waals surface area (Å²) < 4.78 is 18.7. The predicted octanol–water partition coefficient (Wildman–Crippen LogP) is 1.36. The molecule has 1 amide bonds. The Morgan fingerprint density at radius 2 is 2.03 bits per heavy atom. The molecule has 7 nitrogen and oxygen atoms in total. The molecule has 0 spiro atoms. The average molecular weight is 446 g/mol. The number of benzene rings is 1. The Bertz CT molecular complexity index is 719. The number of hydrogen-bond donors (Lipinski definition) is 4. The van der Waals surface area contributed by atoms with Crippen molar-refractivity contribution in [3.8, 4) is 0 Å². The molecular weight excluding hydrogens is 417 g/mol. The number of aliphatic hydroxyl groups is 4. The van der Waals surface area contributed by atoms with Gasteiger partial charge in [0.1, 0.15) is 30.2 Å². The molecule has 1 saturated heterocycles. The summed E-state index contributed by atoms with van der Waals surface area (Å²) >= 11 is 5.97. The Morgan fingerprint density at radius 1 is 1.30 bits per heavy atom. The van der Waals surface area contributed by atoms with Crippen LogP contribution in [0.4, 0.5) is 4.39 Å². The number of carbonyl (C=O) groups excluding carboxylic acids is 1. The topological polar surface area (TPSA) is 110 Å². The van der Waals surface area contributed by atoms with E-state index >= 15 is 0 Å². The highest BCUT2D eigenvalue weighted by molar-refractivity contribution is 6.32. The van der Waals surface area contributed by atoms with Crippen molar-refractivity contribution in [1.82, 2.24) is 4.90 Å². The fraction of sp³-hybridized carbons (Fsp3) is 0.571. The van der Waals surface area contributed by atoms with Crippen LogP contribution in [0.1, 0.15) is 31.2 Å². The smallest absolute Gasteiger partial charge is 0.246 e. The van der Waals surface area contributed by atoms with Crippen molar-refractivity contribution in [2.45, 2.75) is 50.1 Å². The third-order valence-corrected chi connectivity index (χ3v) is 5.34. The molecule has 0 aromatic heterocycles. The normalized spacial score (nSPS) is 25.5. The van der Waals surface area contributed by atoms with Crippen LogP contribution in [0.2, 0.25) is 5.02 Å². The van der Waals surface area contributed by atoms with E-state index in [2.05, 4.69) is 0 Å². The standard InChI is InChI=1S/C21H29ClFNO6/c22-16-11-15(23)7-5-14(16)6-8-19(28)24-9-3-1-2-4-10-30-21(18(27)13-25)20(29)17(26)12-24/h5-8,11,17-18,20-21,25-27,29H,1-4,9-10,12-13H2/b8-6+/t17-,18-,20-,21-/m1/s1. The minimum absolute atomic E-state index is 0.168. The van der Waals surface area contributed by atoms with Crippen molar-refractivity contribution < 1.29 is 34.3 Å². The number of nitrogens with zero attached hydrogens (tertiary/aromatic N) is 1. The maximum absolute atomic E-state index is 13.2. The highest BCUT2D eigenvalue weighted by Gasteiger charge is 2.34. The molecule has 1 aliphatic rings. The summed E-state index contributed by atoms with van der Waals surface area (Å²) in [5.41, 5.74) is 0.473. The molecule has 9 heteroatoms. The number of ether oxygens (including phenoxy) is 1. The molecule has 1 aromatic rings. The van der Waals surface area contributed by atoms with Crippen molar-refractivity contribution in [2.75, 3.05) is 26.3 Å². The summed E-state index contributed by atoms with van der Waals surface area (Å²) in [4.78, 5) is 14.1. The molecule has 2 rings (SSSR count). The van der Waals surface area contributed by atoms with Crippen molar-refractivity contribution >= 4 is 23.6 Å². The van der Waals surface area contributed by atoms with Crippen molar-refractivity contribution in [1.29, 1.82) is 0 Å². The number of amides is 1. The monoisotopic (exact) mass is 445 g/mol. The van der Waals surface area contributed by atoms with Crippen LogP contribution in [0.5, 0.6) is 0 Å². The van der Waals surface area contributed by atoms with Crippen LogP contribution in [-0.2, 0) is 9.53 Å². The van der Waals surface area contributed by atoms with Crippen LogP contribution < -0.4 is 0 Å². The molecule has 0 radical (unpaired) electrons. The first kappa shape index (κ1) is 24.7. The number of β-amino-alcohol motifs (C(OH)–C–C–N with tert-alkyl or cyclic N) is 1. The second-order valence-electron chi connectivity index (χ2n) is 7.34. The van der Waals surface area contributed by atoms with Gasteiger partial charge in [-0.15, -0.1) is 0 Å². The molecule has 1 aromatic carbocycles. The first-order chi connectivity index (χ1) is 14.3. The third-order valence-electron chi connectivity index (χ3n) is 5.02. The molecule has 1 aliphatic heterocycles. The van der Waals surface area contributed by atoms with Gasteiger partial charge in [-0.2, -0.15) is 0 Å². The summed E-state index contributed by atoms with van der Waals surface area (Å²) in [6, 6.07) is 3.84. The molecule has 1 heterocycles. The average Bonchev–Trinajstić information content (AvgIpc) is 2.72. The minimum Gasteiger partial charge on any atom is -0.394 e. The summed E-state index contributed by atoms with van der Waals surface area (Å²) in [6.45, 7) is -0.148. The maximum atomic E-state index is 13.2. The summed E-state index contributed by atoms with van der Waals surface area (Å²) in [6.07, 6.45) is 0.412. The molecule has 30 heavy (non-hydrogen) atoms. The van der Waals surface area contributed by atoms with E-state index in [0.29, 0.717) is 24.9 Å². The van der Waals surface area contributed by atoms with E-state index in [-0.39, 0.29) is 18.2 Å². The molecule has 0 bridgehead atoms. The van der Waals surface area contributed by atoms with Gasteiger partial charge in [-0.1, -0.05) is 30.5 Å². The Balaban J connectivity index is 2.13. The first-order valence-electron chi connectivity index (χ1n) is 10.0. The summed E-state index contributed by atoms with van der Waals surface area (Å²) in [5.74, 6) is -0.885. The minimum atomic E-state index is -1.49. The van der Waals surface area contributed by atoms with Gasteiger partial charge < -0.3 is 30.1 Å². The van der Waals surface area contributed by atoms with E-state index in [1.165, 1.54) is 29.2 Å². The first-order valence-corrected chi connectivity index (χ1v) is 10.4. The van der Waals surface area contributed by atoms with Crippen LogP contribution in [0.25, 0.3) is 6.08 Å². The fourth-order valence-corrected chi connectivity index (χ4v) is 3.50. The second-order valence-corrected chi connectivity index (χ2v) is 7.75. The Kier molecular flexibility index (Phi) is 10.2. The third kappa shape index (κ3) is 7.30. The molecule has 4 atom stereocenters. The van der Waals surface area contributed by atoms with Gasteiger partial charge in [-0.05, 0) is 36.6 Å². The number of carbonyl (C=O) groups is 1. The molecule has 0 aliphatic carbocycles. The highest BCUT2D eigenvalue weighted by Crippen LogP contribution is 2.19. The Morgan fingerprint density at radius 3 is 2.73 bits per heavy atom. The maximum Gasteiger partial charge on any atom is 0.246 e. The van der Waals surface area contributed by atoms with Gasteiger partial charge in [-0.3, -0.25) is 4.79 Å². The van der Waals surface area contributed by atoms with Gasteiger partial charge >= 0.3 is 0 Å². The van der Waals surface area contributed by atoms with Crippen molar-refractivity contribution in [2.24, 2.45) is 0 Å². The Hall–Kier alpha value is -1.55. The zero-order valence-corrected chi connectivity index (χ0v) is 17.4.